The molecule has 0 spiro atoms. The zero-order valence-electron chi connectivity index (χ0n) is 11.5. The van der Waals surface area contributed by atoms with Crippen molar-refractivity contribution in [1.82, 2.24) is 5.32 Å². The van der Waals surface area contributed by atoms with Gasteiger partial charge in [-0.15, -0.1) is 11.3 Å². The van der Waals surface area contributed by atoms with Crippen LogP contribution in [0.2, 0.25) is 0 Å². The summed E-state index contributed by atoms with van der Waals surface area (Å²) in [5, 5.41) is 15.3. The molecule has 19 heavy (non-hydrogen) atoms. The van der Waals surface area contributed by atoms with Gasteiger partial charge in [0, 0.05) is 17.0 Å². The van der Waals surface area contributed by atoms with Gasteiger partial charge in [0.1, 0.15) is 5.75 Å². The van der Waals surface area contributed by atoms with Crippen molar-refractivity contribution in [2.75, 3.05) is 0 Å². The summed E-state index contributed by atoms with van der Waals surface area (Å²) in [5.74, 6) is 0.328. The van der Waals surface area contributed by atoms with Crippen molar-refractivity contribution in [3.63, 3.8) is 0 Å². The van der Waals surface area contributed by atoms with Gasteiger partial charge in [-0.2, -0.15) is 0 Å². The van der Waals surface area contributed by atoms with E-state index >= 15 is 0 Å². The molecule has 1 aromatic heterocycles. The van der Waals surface area contributed by atoms with Gasteiger partial charge in [-0.05, 0) is 42.5 Å². The maximum absolute atomic E-state index is 9.56. The Balaban J connectivity index is 2.09. The standard InChI is InChI=1S/C16H21NOS/c1-3-6-15(16-9-5-10-19-16)17-12(2)13-7-4-8-14(18)11-13/h4-5,7-12,15,17-18H,3,6H2,1-2H3. The number of aromatic hydroxyl groups is 1. The van der Waals surface area contributed by atoms with E-state index in [4.69, 9.17) is 0 Å². The smallest absolute Gasteiger partial charge is 0.115 e. The highest BCUT2D eigenvalue weighted by Crippen LogP contribution is 2.27. The van der Waals surface area contributed by atoms with Crippen molar-refractivity contribution < 1.29 is 5.11 Å². The Bertz CT molecular complexity index is 495. The van der Waals surface area contributed by atoms with E-state index in [2.05, 4.69) is 42.7 Å². The van der Waals surface area contributed by atoms with Crippen molar-refractivity contribution in [1.29, 1.82) is 0 Å². The maximum Gasteiger partial charge on any atom is 0.115 e. The van der Waals surface area contributed by atoms with E-state index in [1.807, 2.05) is 12.1 Å². The molecule has 1 heterocycles. The third kappa shape index (κ3) is 3.82. The van der Waals surface area contributed by atoms with E-state index in [1.165, 1.54) is 4.88 Å². The quantitative estimate of drug-likeness (QED) is 0.804. The second-order valence-electron chi connectivity index (χ2n) is 4.84. The Morgan fingerprint density at radius 2 is 2.11 bits per heavy atom. The molecule has 0 fully saturated rings. The van der Waals surface area contributed by atoms with Crippen LogP contribution >= 0.6 is 11.3 Å². The molecule has 2 rings (SSSR count). The van der Waals surface area contributed by atoms with Crippen molar-refractivity contribution in [3.8, 4) is 5.75 Å². The molecular weight excluding hydrogens is 254 g/mol. The normalized spacial score (nSPS) is 14.2. The molecule has 0 amide bonds. The lowest BCUT2D eigenvalue weighted by molar-refractivity contribution is 0.440. The van der Waals surface area contributed by atoms with Gasteiger partial charge in [-0.1, -0.05) is 31.5 Å². The van der Waals surface area contributed by atoms with Gasteiger partial charge in [0.2, 0.25) is 0 Å². The van der Waals surface area contributed by atoms with Crippen LogP contribution < -0.4 is 5.32 Å². The number of hydrogen-bond donors (Lipinski definition) is 2. The summed E-state index contributed by atoms with van der Waals surface area (Å²) >= 11 is 1.80. The molecule has 0 bridgehead atoms. The van der Waals surface area contributed by atoms with Crippen molar-refractivity contribution >= 4 is 11.3 Å². The Labute approximate surface area is 119 Å². The molecule has 2 N–H and O–H groups in total. The number of hydrogen-bond acceptors (Lipinski definition) is 3. The molecule has 0 aliphatic rings. The highest BCUT2D eigenvalue weighted by atomic mass is 32.1. The largest absolute Gasteiger partial charge is 0.508 e. The van der Waals surface area contributed by atoms with E-state index in [1.54, 1.807) is 17.4 Å². The SMILES string of the molecule is CCCC(NC(C)c1cccc(O)c1)c1cccs1. The predicted octanol–water partition coefficient (Wildman–Crippen LogP) is 4.65. The molecular formula is C16H21NOS. The zero-order valence-corrected chi connectivity index (χ0v) is 12.3. The number of nitrogens with one attached hydrogen (secondary N) is 1. The molecule has 0 aliphatic heterocycles. The van der Waals surface area contributed by atoms with E-state index in [9.17, 15) is 5.11 Å². The molecule has 0 aliphatic carbocycles. The van der Waals surface area contributed by atoms with Crippen molar-refractivity contribution in [2.45, 2.75) is 38.8 Å². The van der Waals surface area contributed by atoms with E-state index in [0.29, 0.717) is 11.8 Å². The fourth-order valence-corrected chi connectivity index (χ4v) is 3.10. The third-order valence-electron chi connectivity index (χ3n) is 3.29. The van der Waals surface area contributed by atoms with Gasteiger partial charge in [-0.25, -0.2) is 0 Å². The molecule has 2 unspecified atom stereocenters. The summed E-state index contributed by atoms with van der Waals surface area (Å²) in [6, 6.07) is 12.4. The van der Waals surface area contributed by atoms with Crippen LogP contribution in [0.3, 0.4) is 0 Å². The van der Waals surface area contributed by atoms with Gasteiger partial charge in [-0.3, -0.25) is 0 Å². The van der Waals surface area contributed by atoms with Crippen LogP contribution in [0.1, 0.15) is 49.2 Å². The molecule has 3 heteroatoms. The van der Waals surface area contributed by atoms with E-state index in [0.717, 1.165) is 18.4 Å². The van der Waals surface area contributed by atoms with Crippen LogP contribution in [0, 0.1) is 0 Å². The summed E-state index contributed by atoms with van der Waals surface area (Å²) in [6.45, 7) is 4.35. The maximum atomic E-state index is 9.56. The van der Waals surface area contributed by atoms with Crippen LogP contribution in [-0.4, -0.2) is 5.11 Å². The van der Waals surface area contributed by atoms with Gasteiger partial charge >= 0.3 is 0 Å². The van der Waals surface area contributed by atoms with Gasteiger partial charge < -0.3 is 10.4 Å². The first-order valence-corrected chi connectivity index (χ1v) is 7.67. The van der Waals surface area contributed by atoms with Crippen LogP contribution in [0.15, 0.2) is 41.8 Å². The lowest BCUT2D eigenvalue weighted by atomic mass is 10.0. The average molecular weight is 275 g/mol. The van der Waals surface area contributed by atoms with E-state index < -0.39 is 0 Å². The summed E-state index contributed by atoms with van der Waals surface area (Å²) in [7, 11) is 0. The minimum atomic E-state index is 0.228. The lowest BCUT2D eigenvalue weighted by Crippen LogP contribution is -2.24. The number of phenols is 1. The van der Waals surface area contributed by atoms with Crippen LogP contribution in [0.5, 0.6) is 5.75 Å². The molecule has 0 saturated carbocycles. The Hall–Kier alpha value is -1.32. The summed E-state index contributed by atoms with van der Waals surface area (Å²) in [4.78, 5) is 1.38. The number of phenolic OH excluding ortho intramolecular Hbond substituents is 1. The van der Waals surface area contributed by atoms with Gasteiger partial charge in [0.15, 0.2) is 0 Å². The second kappa shape index (κ2) is 6.73. The van der Waals surface area contributed by atoms with Crippen LogP contribution in [0.4, 0.5) is 0 Å². The first kappa shape index (κ1) is 14.1. The summed E-state index contributed by atoms with van der Waals surface area (Å²) < 4.78 is 0. The molecule has 2 nitrogen and oxygen atoms in total. The predicted molar refractivity (Wildman–Crippen MR) is 81.6 cm³/mol. The molecule has 0 radical (unpaired) electrons. The summed E-state index contributed by atoms with van der Waals surface area (Å²) in [6.07, 6.45) is 2.28. The Morgan fingerprint density at radius 3 is 2.74 bits per heavy atom. The fourth-order valence-electron chi connectivity index (χ4n) is 2.28. The van der Waals surface area contributed by atoms with Crippen LogP contribution in [0.25, 0.3) is 0 Å². The van der Waals surface area contributed by atoms with Gasteiger partial charge in [0.05, 0.1) is 0 Å². The van der Waals surface area contributed by atoms with Crippen LogP contribution in [-0.2, 0) is 0 Å². The number of rotatable bonds is 6. The van der Waals surface area contributed by atoms with Crippen molar-refractivity contribution in [2.24, 2.45) is 0 Å². The molecule has 102 valence electrons. The molecule has 0 saturated heterocycles. The highest BCUT2D eigenvalue weighted by molar-refractivity contribution is 7.10. The number of thiophene rings is 1. The second-order valence-corrected chi connectivity index (χ2v) is 5.82. The minimum absolute atomic E-state index is 0.228. The Morgan fingerprint density at radius 1 is 1.26 bits per heavy atom. The van der Waals surface area contributed by atoms with E-state index in [-0.39, 0.29) is 6.04 Å². The number of benzene rings is 1. The summed E-state index contributed by atoms with van der Waals surface area (Å²) in [5.41, 5.74) is 1.12. The third-order valence-corrected chi connectivity index (χ3v) is 4.27. The first-order valence-electron chi connectivity index (χ1n) is 6.79. The first-order chi connectivity index (χ1) is 9.20. The topological polar surface area (TPSA) is 32.3 Å². The molecule has 1 aromatic carbocycles. The molecule has 2 aromatic rings. The average Bonchev–Trinajstić information content (AvgIpc) is 2.92. The zero-order chi connectivity index (χ0) is 13.7. The monoisotopic (exact) mass is 275 g/mol. The van der Waals surface area contributed by atoms with Crippen molar-refractivity contribution in [3.05, 3.63) is 52.2 Å². The lowest BCUT2D eigenvalue weighted by Gasteiger charge is -2.22. The van der Waals surface area contributed by atoms with Gasteiger partial charge in [0.25, 0.3) is 0 Å². The molecule has 2 atom stereocenters. The Kier molecular flexibility index (Phi) is 5.00. The highest BCUT2D eigenvalue weighted by Gasteiger charge is 2.15. The minimum Gasteiger partial charge on any atom is -0.508 e. The fraction of sp³-hybridized carbons (Fsp3) is 0.375.